The molecule has 2 aromatic carbocycles. The summed E-state index contributed by atoms with van der Waals surface area (Å²) in [5, 5.41) is 0. The number of unbranched alkanes of at least 4 members (excludes halogenated alkanes) is 1. The number of carbonyl (C=O) groups is 2. The number of hydrogen-bond donors (Lipinski definition) is 2. The summed E-state index contributed by atoms with van der Waals surface area (Å²) in [5.74, 6) is 0.695. The maximum atomic E-state index is 12.3. The Labute approximate surface area is 171 Å². The van der Waals surface area contributed by atoms with E-state index in [1.165, 1.54) is 7.11 Å². The predicted octanol–water partition coefficient (Wildman–Crippen LogP) is 3.33. The van der Waals surface area contributed by atoms with Crippen molar-refractivity contribution in [1.82, 2.24) is 10.9 Å². The van der Waals surface area contributed by atoms with Gasteiger partial charge in [0, 0.05) is 5.56 Å². The van der Waals surface area contributed by atoms with Crippen molar-refractivity contribution in [2.75, 3.05) is 20.3 Å². The summed E-state index contributed by atoms with van der Waals surface area (Å²) >= 11 is 0. The van der Waals surface area contributed by atoms with E-state index >= 15 is 0 Å². The molecule has 0 radical (unpaired) electrons. The average Bonchev–Trinajstić information content (AvgIpc) is 2.70. The third-order valence-corrected chi connectivity index (χ3v) is 4.06. The molecule has 0 aliphatic carbocycles. The summed E-state index contributed by atoms with van der Waals surface area (Å²) < 4.78 is 16.4. The van der Waals surface area contributed by atoms with Crippen LogP contribution in [-0.4, -0.2) is 32.1 Å². The number of rotatable bonds is 9. The summed E-state index contributed by atoms with van der Waals surface area (Å²) in [7, 11) is 1.51. The molecule has 0 unspecified atom stereocenters. The van der Waals surface area contributed by atoms with Crippen molar-refractivity contribution in [3.63, 3.8) is 0 Å². The lowest BCUT2D eigenvalue weighted by atomic mass is 10.1. The summed E-state index contributed by atoms with van der Waals surface area (Å²) in [4.78, 5) is 24.2. The van der Waals surface area contributed by atoms with E-state index in [-0.39, 0.29) is 6.61 Å². The molecule has 156 valence electrons. The first-order valence-corrected chi connectivity index (χ1v) is 9.54. The summed E-state index contributed by atoms with van der Waals surface area (Å²) in [6, 6.07) is 10.5. The van der Waals surface area contributed by atoms with E-state index in [1.54, 1.807) is 18.2 Å². The van der Waals surface area contributed by atoms with Gasteiger partial charge in [-0.2, -0.15) is 0 Å². The topological polar surface area (TPSA) is 85.9 Å². The van der Waals surface area contributed by atoms with Crippen LogP contribution in [0, 0.1) is 13.8 Å². The Bertz CT molecular complexity index is 831. The molecule has 0 aliphatic rings. The third-order valence-electron chi connectivity index (χ3n) is 4.06. The van der Waals surface area contributed by atoms with Crippen LogP contribution in [0.5, 0.6) is 17.2 Å². The molecule has 29 heavy (non-hydrogen) atoms. The van der Waals surface area contributed by atoms with Crippen LogP contribution in [0.1, 0.15) is 41.3 Å². The molecule has 0 fully saturated rings. The van der Waals surface area contributed by atoms with E-state index in [0.29, 0.717) is 29.4 Å². The van der Waals surface area contributed by atoms with Gasteiger partial charge >= 0.3 is 0 Å². The second kappa shape index (κ2) is 10.9. The van der Waals surface area contributed by atoms with Gasteiger partial charge in [0.2, 0.25) is 0 Å². The zero-order valence-corrected chi connectivity index (χ0v) is 17.3. The normalized spacial score (nSPS) is 10.2. The van der Waals surface area contributed by atoms with Gasteiger partial charge in [0.15, 0.2) is 18.1 Å². The van der Waals surface area contributed by atoms with Crippen LogP contribution < -0.4 is 25.1 Å². The molecular weight excluding hydrogens is 372 g/mol. The minimum absolute atomic E-state index is 0.212. The minimum atomic E-state index is -0.469. The van der Waals surface area contributed by atoms with Crippen molar-refractivity contribution in [3.05, 3.63) is 53.1 Å². The van der Waals surface area contributed by atoms with Gasteiger partial charge in [-0.3, -0.25) is 20.4 Å². The Kier molecular flexibility index (Phi) is 8.33. The second-order valence-corrected chi connectivity index (χ2v) is 6.68. The maximum Gasteiger partial charge on any atom is 0.276 e. The van der Waals surface area contributed by atoms with Gasteiger partial charge in [-0.1, -0.05) is 19.4 Å². The molecule has 0 saturated heterocycles. The van der Waals surface area contributed by atoms with E-state index in [0.717, 1.165) is 24.0 Å². The van der Waals surface area contributed by atoms with E-state index in [4.69, 9.17) is 14.2 Å². The van der Waals surface area contributed by atoms with E-state index in [2.05, 4.69) is 17.8 Å². The van der Waals surface area contributed by atoms with E-state index < -0.39 is 11.8 Å². The highest BCUT2D eigenvalue weighted by atomic mass is 16.5. The molecule has 0 bridgehead atoms. The molecule has 0 aliphatic heterocycles. The van der Waals surface area contributed by atoms with Crippen molar-refractivity contribution in [3.8, 4) is 17.2 Å². The number of hydrogen-bond acceptors (Lipinski definition) is 5. The van der Waals surface area contributed by atoms with Crippen molar-refractivity contribution in [1.29, 1.82) is 0 Å². The second-order valence-electron chi connectivity index (χ2n) is 6.68. The quantitative estimate of drug-likeness (QED) is 0.498. The lowest BCUT2D eigenvalue weighted by molar-refractivity contribution is -0.123. The molecule has 0 saturated carbocycles. The molecule has 2 N–H and O–H groups in total. The molecule has 7 heteroatoms. The summed E-state index contributed by atoms with van der Waals surface area (Å²) in [5.41, 5.74) is 7.13. The van der Waals surface area contributed by atoms with Gasteiger partial charge < -0.3 is 14.2 Å². The number of methoxy groups -OCH3 is 1. The van der Waals surface area contributed by atoms with Crippen molar-refractivity contribution < 1.29 is 23.8 Å². The standard InChI is InChI=1S/C22H28N2O5/c1-5-6-9-28-19-8-7-17(13-20(19)27-4)22(26)24-23-21(25)14-29-18-11-15(2)10-16(3)12-18/h7-8,10-13H,5-6,9,14H2,1-4H3,(H,23,25)(H,24,26). The van der Waals surface area contributed by atoms with Crippen LogP contribution >= 0.6 is 0 Å². The first kappa shape index (κ1) is 22.1. The van der Waals surface area contributed by atoms with Crippen LogP contribution in [0.25, 0.3) is 0 Å². The summed E-state index contributed by atoms with van der Waals surface area (Å²) in [6.07, 6.45) is 1.96. The van der Waals surface area contributed by atoms with Gasteiger partial charge in [0.25, 0.3) is 11.8 Å². The van der Waals surface area contributed by atoms with Crippen LogP contribution in [0.4, 0.5) is 0 Å². The highest BCUT2D eigenvalue weighted by Crippen LogP contribution is 2.28. The van der Waals surface area contributed by atoms with Crippen LogP contribution in [-0.2, 0) is 4.79 Å². The van der Waals surface area contributed by atoms with Gasteiger partial charge in [-0.25, -0.2) is 0 Å². The Morgan fingerprint density at radius 2 is 1.66 bits per heavy atom. The SMILES string of the molecule is CCCCOc1ccc(C(=O)NNC(=O)COc2cc(C)cc(C)c2)cc1OC. The van der Waals surface area contributed by atoms with Crippen molar-refractivity contribution in [2.45, 2.75) is 33.6 Å². The van der Waals surface area contributed by atoms with E-state index in [9.17, 15) is 9.59 Å². The van der Waals surface area contributed by atoms with Gasteiger partial charge in [-0.15, -0.1) is 0 Å². The van der Waals surface area contributed by atoms with Gasteiger partial charge in [0.05, 0.1) is 13.7 Å². The summed E-state index contributed by atoms with van der Waals surface area (Å²) in [6.45, 7) is 6.35. The zero-order valence-electron chi connectivity index (χ0n) is 17.3. The van der Waals surface area contributed by atoms with Gasteiger partial charge in [-0.05, 0) is 61.7 Å². The Morgan fingerprint density at radius 3 is 2.31 bits per heavy atom. The first-order chi connectivity index (χ1) is 13.9. The number of ether oxygens (including phenoxy) is 3. The largest absolute Gasteiger partial charge is 0.493 e. The fourth-order valence-corrected chi connectivity index (χ4v) is 2.65. The van der Waals surface area contributed by atoms with Crippen molar-refractivity contribution in [2.24, 2.45) is 0 Å². The Hall–Kier alpha value is -3.22. The number of aryl methyl sites for hydroxylation is 2. The molecular formula is C22H28N2O5. The molecule has 0 spiro atoms. The molecule has 2 amide bonds. The molecule has 0 heterocycles. The monoisotopic (exact) mass is 400 g/mol. The highest BCUT2D eigenvalue weighted by molar-refractivity contribution is 5.96. The Morgan fingerprint density at radius 1 is 0.931 bits per heavy atom. The predicted molar refractivity (Wildman–Crippen MR) is 110 cm³/mol. The fraction of sp³-hybridized carbons (Fsp3) is 0.364. The van der Waals surface area contributed by atoms with Crippen LogP contribution in [0.2, 0.25) is 0 Å². The highest BCUT2D eigenvalue weighted by Gasteiger charge is 2.12. The number of amides is 2. The molecule has 2 aromatic rings. The number of benzene rings is 2. The smallest absolute Gasteiger partial charge is 0.276 e. The molecule has 0 atom stereocenters. The maximum absolute atomic E-state index is 12.3. The van der Waals surface area contributed by atoms with Crippen LogP contribution in [0.3, 0.4) is 0 Å². The average molecular weight is 400 g/mol. The first-order valence-electron chi connectivity index (χ1n) is 9.54. The number of carbonyl (C=O) groups excluding carboxylic acids is 2. The van der Waals surface area contributed by atoms with Gasteiger partial charge in [0.1, 0.15) is 5.75 Å². The third kappa shape index (κ3) is 7.03. The number of nitrogens with one attached hydrogen (secondary N) is 2. The minimum Gasteiger partial charge on any atom is -0.493 e. The number of hydrazine groups is 1. The zero-order chi connectivity index (χ0) is 21.2. The van der Waals surface area contributed by atoms with E-state index in [1.807, 2.05) is 32.0 Å². The Balaban J connectivity index is 1.86. The lowest BCUT2D eigenvalue weighted by Gasteiger charge is -2.13. The molecule has 2 rings (SSSR count). The molecule has 7 nitrogen and oxygen atoms in total. The lowest BCUT2D eigenvalue weighted by Crippen LogP contribution is -2.43. The van der Waals surface area contributed by atoms with Crippen LogP contribution in [0.15, 0.2) is 36.4 Å². The van der Waals surface area contributed by atoms with Crippen molar-refractivity contribution >= 4 is 11.8 Å². The molecule has 0 aromatic heterocycles. The fourth-order valence-electron chi connectivity index (χ4n) is 2.65.